The largest absolute Gasteiger partial charge is 0.332 e. The van der Waals surface area contributed by atoms with Crippen LogP contribution in [0.25, 0.3) is 0 Å². The van der Waals surface area contributed by atoms with Crippen molar-refractivity contribution in [3.8, 4) is 0 Å². The molecule has 0 saturated heterocycles. The molecule has 0 amide bonds. The number of nitrogens with zero attached hydrogens (tertiary/aromatic N) is 2. The van der Waals surface area contributed by atoms with Crippen LogP contribution in [0.4, 0.5) is 33.5 Å². The Kier molecular flexibility index (Phi) is 5.83. The van der Waals surface area contributed by atoms with Crippen LogP contribution in [-0.2, 0) is 6.54 Å². The first kappa shape index (κ1) is 20.7. The summed E-state index contributed by atoms with van der Waals surface area (Å²) in [6.45, 7) is 3.23. The molecule has 10 heteroatoms. The highest BCUT2D eigenvalue weighted by molar-refractivity contribution is 7.80. The standard InChI is InChI=1S/C19H15F5N4S/c1-9-3-4-12(10(2)7-9)25-19(29)26-13-5-6-28(27-13)8-11-14(20)16(22)18(24)17(23)15(11)21/h3-7H,8H2,1-2H3,(H2,25,26,27,29). The molecule has 0 aliphatic heterocycles. The second-order valence-corrected chi connectivity index (χ2v) is 6.75. The van der Waals surface area contributed by atoms with Gasteiger partial charge in [-0.3, -0.25) is 4.68 Å². The number of nitrogens with one attached hydrogen (secondary N) is 2. The van der Waals surface area contributed by atoms with Gasteiger partial charge in [-0.25, -0.2) is 22.0 Å². The van der Waals surface area contributed by atoms with E-state index in [-0.39, 0.29) is 10.9 Å². The predicted octanol–water partition coefficient (Wildman–Crippen LogP) is 5.05. The molecule has 0 fully saturated rings. The number of rotatable bonds is 4. The number of hydrogen-bond acceptors (Lipinski definition) is 2. The third-order valence-electron chi connectivity index (χ3n) is 4.13. The van der Waals surface area contributed by atoms with Crippen molar-refractivity contribution in [2.45, 2.75) is 20.4 Å². The molecule has 0 aliphatic rings. The molecular formula is C19H15F5N4S. The van der Waals surface area contributed by atoms with E-state index in [0.29, 0.717) is 0 Å². The summed E-state index contributed by atoms with van der Waals surface area (Å²) in [6.07, 6.45) is 1.32. The number of halogens is 5. The third kappa shape index (κ3) is 4.37. The monoisotopic (exact) mass is 426 g/mol. The van der Waals surface area contributed by atoms with E-state index in [9.17, 15) is 22.0 Å². The lowest BCUT2D eigenvalue weighted by Crippen LogP contribution is -2.20. The summed E-state index contributed by atoms with van der Waals surface area (Å²) in [7, 11) is 0. The molecule has 2 N–H and O–H groups in total. The summed E-state index contributed by atoms with van der Waals surface area (Å²) >= 11 is 5.21. The molecule has 1 aromatic heterocycles. The van der Waals surface area contributed by atoms with Gasteiger partial charge >= 0.3 is 0 Å². The van der Waals surface area contributed by atoms with Crippen LogP contribution in [0.2, 0.25) is 0 Å². The van der Waals surface area contributed by atoms with Gasteiger partial charge in [-0.1, -0.05) is 17.7 Å². The van der Waals surface area contributed by atoms with Crippen LogP contribution >= 0.6 is 12.2 Å². The van der Waals surface area contributed by atoms with Gasteiger partial charge in [-0.2, -0.15) is 5.10 Å². The highest BCUT2D eigenvalue weighted by Gasteiger charge is 2.25. The average Bonchev–Trinajstić information content (AvgIpc) is 3.11. The van der Waals surface area contributed by atoms with Gasteiger partial charge in [-0.05, 0) is 37.7 Å². The highest BCUT2D eigenvalue weighted by atomic mass is 32.1. The maximum absolute atomic E-state index is 13.8. The number of benzene rings is 2. The van der Waals surface area contributed by atoms with Gasteiger partial charge in [0, 0.05) is 18.0 Å². The second-order valence-electron chi connectivity index (χ2n) is 6.34. The molecule has 0 aliphatic carbocycles. The van der Waals surface area contributed by atoms with Crippen LogP contribution in [0.15, 0.2) is 30.5 Å². The van der Waals surface area contributed by atoms with Crippen molar-refractivity contribution in [2.24, 2.45) is 0 Å². The van der Waals surface area contributed by atoms with E-state index in [2.05, 4.69) is 15.7 Å². The minimum absolute atomic E-state index is 0.221. The van der Waals surface area contributed by atoms with Crippen molar-refractivity contribution in [1.29, 1.82) is 0 Å². The Morgan fingerprint density at radius 3 is 2.17 bits per heavy atom. The topological polar surface area (TPSA) is 41.9 Å². The molecule has 0 radical (unpaired) electrons. The lowest BCUT2D eigenvalue weighted by molar-refractivity contribution is 0.367. The zero-order valence-corrected chi connectivity index (χ0v) is 16.1. The van der Waals surface area contributed by atoms with Gasteiger partial charge in [0.15, 0.2) is 34.2 Å². The quantitative estimate of drug-likeness (QED) is 0.265. The first-order chi connectivity index (χ1) is 13.7. The van der Waals surface area contributed by atoms with Crippen LogP contribution in [0.3, 0.4) is 0 Å². The number of aromatic nitrogens is 2. The molecule has 29 heavy (non-hydrogen) atoms. The zero-order valence-electron chi connectivity index (χ0n) is 15.3. The number of aryl methyl sites for hydroxylation is 2. The van der Waals surface area contributed by atoms with E-state index in [0.717, 1.165) is 21.5 Å². The van der Waals surface area contributed by atoms with Gasteiger partial charge in [0.1, 0.15) is 0 Å². The minimum atomic E-state index is -2.20. The molecule has 3 aromatic rings. The van der Waals surface area contributed by atoms with E-state index >= 15 is 0 Å². The van der Waals surface area contributed by atoms with Crippen LogP contribution < -0.4 is 10.6 Å². The fourth-order valence-electron chi connectivity index (χ4n) is 2.69. The number of hydrogen-bond donors (Lipinski definition) is 2. The van der Waals surface area contributed by atoms with E-state index in [1.54, 1.807) is 0 Å². The molecule has 0 bridgehead atoms. The Morgan fingerprint density at radius 1 is 0.931 bits per heavy atom. The van der Waals surface area contributed by atoms with Crippen LogP contribution in [0.1, 0.15) is 16.7 Å². The van der Waals surface area contributed by atoms with Crippen LogP contribution in [0.5, 0.6) is 0 Å². The van der Waals surface area contributed by atoms with Crippen molar-refractivity contribution in [3.05, 3.63) is 76.2 Å². The summed E-state index contributed by atoms with van der Waals surface area (Å²) in [4.78, 5) is 0. The summed E-state index contributed by atoms with van der Waals surface area (Å²) in [6, 6.07) is 7.20. The van der Waals surface area contributed by atoms with Crippen molar-refractivity contribution in [2.75, 3.05) is 10.6 Å². The van der Waals surface area contributed by atoms with Crippen molar-refractivity contribution in [1.82, 2.24) is 9.78 Å². The molecule has 0 atom stereocenters. The van der Waals surface area contributed by atoms with Crippen molar-refractivity contribution in [3.63, 3.8) is 0 Å². The van der Waals surface area contributed by atoms with E-state index in [1.807, 2.05) is 32.0 Å². The van der Waals surface area contributed by atoms with E-state index in [1.165, 1.54) is 12.3 Å². The zero-order chi connectivity index (χ0) is 21.3. The molecular weight excluding hydrogens is 411 g/mol. The summed E-state index contributed by atoms with van der Waals surface area (Å²) in [5, 5.41) is 10.0. The Labute approximate surface area is 168 Å². The van der Waals surface area contributed by atoms with Crippen molar-refractivity contribution < 1.29 is 22.0 Å². The maximum atomic E-state index is 13.8. The molecule has 0 saturated carbocycles. The molecule has 4 nitrogen and oxygen atoms in total. The molecule has 2 aromatic carbocycles. The van der Waals surface area contributed by atoms with E-state index in [4.69, 9.17) is 12.2 Å². The third-order valence-corrected chi connectivity index (χ3v) is 4.34. The Balaban J connectivity index is 1.72. The Bertz CT molecular complexity index is 1070. The maximum Gasteiger partial charge on any atom is 0.200 e. The average molecular weight is 426 g/mol. The molecule has 1 heterocycles. The van der Waals surface area contributed by atoms with Crippen molar-refractivity contribution >= 4 is 28.8 Å². The lowest BCUT2D eigenvalue weighted by atomic mass is 10.1. The Hall–Kier alpha value is -3.01. The fraction of sp³-hybridized carbons (Fsp3) is 0.158. The normalized spacial score (nSPS) is 10.9. The first-order valence-corrected chi connectivity index (χ1v) is 8.77. The molecule has 152 valence electrons. The molecule has 0 unspecified atom stereocenters. The van der Waals surface area contributed by atoms with Gasteiger partial charge in [0.05, 0.1) is 12.1 Å². The smallest absolute Gasteiger partial charge is 0.200 e. The van der Waals surface area contributed by atoms with Crippen LogP contribution in [-0.4, -0.2) is 14.9 Å². The fourth-order valence-corrected chi connectivity index (χ4v) is 2.91. The first-order valence-electron chi connectivity index (χ1n) is 8.36. The van der Waals surface area contributed by atoms with Gasteiger partial charge < -0.3 is 10.6 Å². The molecule has 0 spiro atoms. The summed E-state index contributed by atoms with van der Waals surface area (Å²) < 4.78 is 68.4. The van der Waals surface area contributed by atoms with Crippen LogP contribution in [0, 0.1) is 42.9 Å². The van der Waals surface area contributed by atoms with E-state index < -0.39 is 41.2 Å². The second kappa shape index (κ2) is 8.16. The lowest BCUT2D eigenvalue weighted by Gasteiger charge is -2.12. The number of anilines is 2. The Morgan fingerprint density at radius 2 is 1.55 bits per heavy atom. The van der Waals surface area contributed by atoms with Gasteiger partial charge in [-0.15, -0.1) is 0 Å². The van der Waals surface area contributed by atoms with Gasteiger partial charge in [0.2, 0.25) is 5.82 Å². The predicted molar refractivity (Wildman–Crippen MR) is 103 cm³/mol. The number of thiocarbonyl (C=S) groups is 1. The summed E-state index contributed by atoms with van der Waals surface area (Å²) in [5.41, 5.74) is 1.88. The molecule has 3 rings (SSSR count). The SMILES string of the molecule is Cc1ccc(NC(=S)Nc2ccn(Cc3c(F)c(F)c(F)c(F)c3F)n2)c(C)c1. The summed E-state index contributed by atoms with van der Waals surface area (Å²) in [5.74, 6) is -9.74. The van der Waals surface area contributed by atoms with Gasteiger partial charge in [0.25, 0.3) is 0 Å². The minimum Gasteiger partial charge on any atom is -0.332 e. The highest BCUT2D eigenvalue weighted by Crippen LogP contribution is 2.24.